The van der Waals surface area contributed by atoms with Gasteiger partial charge in [0.2, 0.25) is 0 Å². The molecule has 1 aromatic carbocycles. The summed E-state index contributed by atoms with van der Waals surface area (Å²) >= 11 is 0. The molecule has 19 heavy (non-hydrogen) atoms. The number of allylic oxidation sites excluding steroid dienone is 2. The Bertz CT molecular complexity index is 555. The van der Waals surface area contributed by atoms with Crippen molar-refractivity contribution >= 4 is 0 Å². The first-order valence-electron chi connectivity index (χ1n) is 7.06. The number of rotatable bonds is 0. The Morgan fingerprint density at radius 1 is 1.26 bits per heavy atom. The standard InChI is InChI=1S/C17H22O2/c1-10-5-6-13-12(7-10)16-14(18)8-11(2)9-15(16)19-17(13,3)4/h5,8-9,12-13,18H,6-7H2,1-4H3/t12-,13+/m0/s1. The van der Waals surface area contributed by atoms with Crippen molar-refractivity contribution in [3.8, 4) is 11.5 Å². The number of aromatic hydroxyl groups is 1. The van der Waals surface area contributed by atoms with Crippen LogP contribution in [0.2, 0.25) is 0 Å². The van der Waals surface area contributed by atoms with E-state index in [0.717, 1.165) is 29.7 Å². The van der Waals surface area contributed by atoms with Crippen molar-refractivity contribution in [2.24, 2.45) is 5.92 Å². The lowest BCUT2D eigenvalue weighted by atomic mass is 9.67. The Labute approximate surface area is 115 Å². The van der Waals surface area contributed by atoms with Crippen LogP contribution in [-0.2, 0) is 0 Å². The van der Waals surface area contributed by atoms with E-state index in [1.54, 1.807) is 0 Å². The van der Waals surface area contributed by atoms with Crippen LogP contribution in [0.15, 0.2) is 23.8 Å². The molecule has 102 valence electrons. The fourth-order valence-electron chi connectivity index (χ4n) is 3.70. The number of hydrogen-bond donors (Lipinski definition) is 1. The van der Waals surface area contributed by atoms with Gasteiger partial charge in [-0.1, -0.05) is 11.6 Å². The molecule has 2 atom stereocenters. The van der Waals surface area contributed by atoms with Crippen molar-refractivity contribution < 1.29 is 9.84 Å². The lowest BCUT2D eigenvalue weighted by Crippen LogP contribution is -2.45. The Hall–Kier alpha value is -1.44. The molecule has 0 saturated carbocycles. The van der Waals surface area contributed by atoms with Crippen molar-refractivity contribution in [3.05, 3.63) is 34.9 Å². The molecule has 2 heteroatoms. The van der Waals surface area contributed by atoms with Gasteiger partial charge in [0.1, 0.15) is 17.1 Å². The van der Waals surface area contributed by atoms with Crippen molar-refractivity contribution in [1.29, 1.82) is 0 Å². The monoisotopic (exact) mass is 258 g/mol. The molecule has 1 heterocycles. The summed E-state index contributed by atoms with van der Waals surface area (Å²) in [4.78, 5) is 0. The van der Waals surface area contributed by atoms with Crippen LogP contribution in [0.5, 0.6) is 11.5 Å². The minimum Gasteiger partial charge on any atom is -0.508 e. The van der Waals surface area contributed by atoms with Crippen molar-refractivity contribution in [2.75, 3.05) is 0 Å². The average molecular weight is 258 g/mol. The molecule has 0 spiro atoms. The van der Waals surface area contributed by atoms with E-state index in [-0.39, 0.29) is 5.60 Å². The van der Waals surface area contributed by atoms with Crippen LogP contribution in [0.25, 0.3) is 0 Å². The fourth-order valence-corrected chi connectivity index (χ4v) is 3.70. The molecule has 1 aliphatic carbocycles. The highest BCUT2D eigenvalue weighted by Crippen LogP contribution is 2.53. The van der Waals surface area contributed by atoms with Crippen LogP contribution in [0, 0.1) is 12.8 Å². The highest BCUT2D eigenvalue weighted by molar-refractivity contribution is 5.52. The SMILES string of the molecule is CC1=CC[C@@H]2[C@H](C1)c1c(O)cc(C)cc1OC2(C)C. The number of phenolic OH excluding ortho intramolecular Hbond substituents is 1. The Morgan fingerprint density at radius 3 is 2.74 bits per heavy atom. The summed E-state index contributed by atoms with van der Waals surface area (Å²) in [6.45, 7) is 8.51. The summed E-state index contributed by atoms with van der Waals surface area (Å²) in [5.74, 6) is 2.09. The molecule has 0 aromatic heterocycles. The zero-order valence-corrected chi connectivity index (χ0v) is 12.2. The van der Waals surface area contributed by atoms with E-state index in [9.17, 15) is 5.11 Å². The highest BCUT2D eigenvalue weighted by atomic mass is 16.5. The third kappa shape index (κ3) is 1.94. The van der Waals surface area contributed by atoms with Gasteiger partial charge in [-0.3, -0.25) is 0 Å². The van der Waals surface area contributed by atoms with Gasteiger partial charge >= 0.3 is 0 Å². The Morgan fingerprint density at radius 2 is 2.00 bits per heavy atom. The summed E-state index contributed by atoms with van der Waals surface area (Å²) < 4.78 is 6.20. The number of fused-ring (bicyclic) bond motifs is 3. The van der Waals surface area contributed by atoms with Crippen LogP contribution in [0.1, 0.15) is 50.7 Å². The highest BCUT2D eigenvalue weighted by Gasteiger charge is 2.45. The lowest BCUT2D eigenvalue weighted by molar-refractivity contribution is 0.00756. The van der Waals surface area contributed by atoms with Gasteiger partial charge in [-0.05, 0) is 58.2 Å². The van der Waals surface area contributed by atoms with Crippen molar-refractivity contribution in [2.45, 2.75) is 52.1 Å². The molecule has 2 nitrogen and oxygen atoms in total. The van der Waals surface area contributed by atoms with E-state index in [2.05, 4.69) is 32.9 Å². The molecule has 0 amide bonds. The van der Waals surface area contributed by atoms with E-state index >= 15 is 0 Å². The van der Waals surface area contributed by atoms with Gasteiger partial charge in [-0.25, -0.2) is 0 Å². The molecule has 1 N–H and O–H groups in total. The summed E-state index contributed by atoms with van der Waals surface area (Å²) in [7, 11) is 0. The predicted octanol–water partition coefficient (Wildman–Crippen LogP) is 4.31. The molecule has 0 unspecified atom stereocenters. The third-order valence-corrected chi connectivity index (χ3v) is 4.65. The summed E-state index contributed by atoms with van der Waals surface area (Å²) in [6.07, 6.45) is 4.39. The summed E-state index contributed by atoms with van der Waals surface area (Å²) in [5.41, 5.74) is 3.32. The second kappa shape index (κ2) is 4.03. The lowest BCUT2D eigenvalue weighted by Gasteiger charge is -2.47. The maximum Gasteiger partial charge on any atom is 0.127 e. The molecule has 0 saturated heterocycles. The van der Waals surface area contributed by atoms with E-state index in [4.69, 9.17) is 4.74 Å². The molecule has 0 radical (unpaired) electrons. The second-order valence-corrected chi connectivity index (χ2v) is 6.60. The topological polar surface area (TPSA) is 29.5 Å². The van der Waals surface area contributed by atoms with Crippen LogP contribution in [-0.4, -0.2) is 10.7 Å². The Balaban J connectivity index is 2.17. The van der Waals surface area contributed by atoms with Gasteiger partial charge in [0.25, 0.3) is 0 Å². The smallest absolute Gasteiger partial charge is 0.127 e. The molecule has 1 aromatic rings. The van der Waals surface area contributed by atoms with E-state index in [0.29, 0.717) is 17.6 Å². The van der Waals surface area contributed by atoms with Crippen LogP contribution in [0.3, 0.4) is 0 Å². The van der Waals surface area contributed by atoms with E-state index in [1.807, 2.05) is 13.0 Å². The first-order chi connectivity index (χ1) is 8.88. The maximum absolute atomic E-state index is 10.3. The zero-order chi connectivity index (χ0) is 13.8. The van der Waals surface area contributed by atoms with Crippen molar-refractivity contribution in [3.63, 3.8) is 0 Å². The van der Waals surface area contributed by atoms with Crippen LogP contribution >= 0.6 is 0 Å². The Kier molecular flexibility index (Phi) is 2.67. The number of hydrogen-bond acceptors (Lipinski definition) is 2. The van der Waals surface area contributed by atoms with E-state index < -0.39 is 0 Å². The fraction of sp³-hybridized carbons (Fsp3) is 0.529. The molecular weight excluding hydrogens is 236 g/mol. The minimum absolute atomic E-state index is 0.172. The predicted molar refractivity (Wildman–Crippen MR) is 76.8 cm³/mol. The number of aryl methyl sites for hydroxylation is 1. The summed E-state index contributed by atoms with van der Waals surface area (Å²) in [5, 5.41) is 10.3. The first-order valence-corrected chi connectivity index (χ1v) is 7.06. The van der Waals surface area contributed by atoms with Gasteiger partial charge < -0.3 is 9.84 Å². The maximum atomic E-state index is 10.3. The van der Waals surface area contributed by atoms with Crippen LogP contribution in [0.4, 0.5) is 0 Å². The summed E-state index contributed by atoms with van der Waals surface area (Å²) in [6, 6.07) is 3.91. The molecular formula is C17H22O2. The average Bonchev–Trinajstić information content (AvgIpc) is 2.25. The zero-order valence-electron chi connectivity index (χ0n) is 12.2. The van der Waals surface area contributed by atoms with Gasteiger partial charge in [-0.2, -0.15) is 0 Å². The van der Waals surface area contributed by atoms with Gasteiger partial charge in [-0.15, -0.1) is 0 Å². The normalized spacial score (nSPS) is 27.9. The van der Waals surface area contributed by atoms with Gasteiger partial charge in [0.15, 0.2) is 0 Å². The van der Waals surface area contributed by atoms with Gasteiger partial charge in [0.05, 0.1) is 0 Å². The number of ether oxygens (including phenoxy) is 1. The largest absolute Gasteiger partial charge is 0.508 e. The van der Waals surface area contributed by atoms with Crippen LogP contribution < -0.4 is 4.74 Å². The molecule has 0 bridgehead atoms. The number of phenols is 1. The third-order valence-electron chi connectivity index (χ3n) is 4.65. The van der Waals surface area contributed by atoms with Crippen molar-refractivity contribution in [1.82, 2.24) is 0 Å². The molecule has 0 fully saturated rings. The quantitative estimate of drug-likeness (QED) is 0.703. The molecule has 3 rings (SSSR count). The molecule has 2 aliphatic rings. The van der Waals surface area contributed by atoms with E-state index in [1.165, 1.54) is 5.57 Å². The molecule has 1 aliphatic heterocycles. The van der Waals surface area contributed by atoms with Gasteiger partial charge in [0, 0.05) is 17.4 Å². The minimum atomic E-state index is -0.172. The number of benzene rings is 1. The first kappa shape index (κ1) is 12.6. The second-order valence-electron chi connectivity index (χ2n) is 6.60.